The van der Waals surface area contributed by atoms with Crippen LogP contribution in [0.15, 0.2) is 54.8 Å². The fraction of sp³-hybridized carbons (Fsp3) is 0.143. The van der Waals surface area contributed by atoms with Crippen molar-refractivity contribution in [2.75, 3.05) is 6.54 Å². The van der Waals surface area contributed by atoms with E-state index in [0.717, 1.165) is 5.56 Å². The molecule has 1 aliphatic rings. The minimum atomic E-state index is -2.40. The summed E-state index contributed by atoms with van der Waals surface area (Å²) in [5.74, 6) is 0. The van der Waals surface area contributed by atoms with Crippen LogP contribution in [0.2, 0.25) is 0 Å². The van der Waals surface area contributed by atoms with Crippen LogP contribution in [0, 0.1) is 6.08 Å². The van der Waals surface area contributed by atoms with E-state index in [0.29, 0.717) is 11.4 Å². The fourth-order valence-electron chi connectivity index (χ4n) is 1.71. The Balaban J connectivity index is 0.00000162. The predicted molar refractivity (Wildman–Crippen MR) is 64.1 cm³/mol. The van der Waals surface area contributed by atoms with Gasteiger partial charge in [-0.3, -0.25) is 0 Å². The summed E-state index contributed by atoms with van der Waals surface area (Å²) in [5.41, 5.74) is 2.06. The first kappa shape index (κ1) is 15.3. The monoisotopic (exact) mass is 321 g/mol. The molecule has 0 aromatic heterocycles. The molecule has 1 aromatic rings. The minimum absolute atomic E-state index is 0. The Morgan fingerprint density at radius 1 is 1.22 bits per heavy atom. The number of halogens is 2. The summed E-state index contributed by atoms with van der Waals surface area (Å²) in [5, 5.41) is 0. The average molecular weight is 321 g/mol. The van der Waals surface area contributed by atoms with E-state index in [1.807, 2.05) is 30.3 Å². The van der Waals surface area contributed by atoms with Gasteiger partial charge in [-0.1, -0.05) is 36.0 Å². The van der Waals surface area contributed by atoms with Crippen molar-refractivity contribution in [1.29, 1.82) is 0 Å². The Labute approximate surface area is 131 Å². The van der Waals surface area contributed by atoms with Gasteiger partial charge < -0.3 is 4.90 Å². The van der Waals surface area contributed by atoms with Crippen molar-refractivity contribution < 1.29 is 41.5 Å². The third-order valence-electron chi connectivity index (χ3n) is 2.48. The second kappa shape index (κ2) is 6.96. The number of hydrogen-bond acceptors (Lipinski definition) is 1. The van der Waals surface area contributed by atoms with Crippen molar-refractivity contribution in [2.24, 2.45) is 0 Å². The molecule has 91 valence electrons. The number of nitrogens with zero attached hydrogens (tertiary/aromatic N) is 1. The molecular formula is C14H12F2NY-. The predicted octanol–water partition coefficient (Wildman–Crippen LogP) is 3.48. The number of hydrogen-bond donors (Lipinski definition) is 0. The molecule has 0 N–H and O–H groups in total. The quantitative estimate of drug-likeness (QED) is 0.771. The molecule has 2 rings (SSSR count). The fourth-order valence-corrected chi connectivity index (χ4v) is 1.71. The average Bonchev–Trinajstić information content (AvgIpc) is 2.32. The molecule has 4 heteroatoms. The molecule has 0 unspecified atom stereocenters. The standard InChI is InChI=1S/C14H12F2N.Y/c1-11-6-5-9-13(17(11)10-14(15)16)12-7-3-2-4-8-12;/h2-8,14H,1,10H2;/q-1;. The molecule has 1 radical (unpaired) electrons. The third-order valence-corrected chi connectivity index (χ3v) is 2.48. The van der Waals surface area contributed by atoms with Crippen molar-refractivity contribution in [3.8, 4) is 0 Å². The van der Waals surface area contributed by atoms with Gasteiger partial charge in [0.25, 0.3) is 6.43 Å². The summed E-state index contributed by atoms with van der Waals surface area (Å²) < 4.78 is 25.1. The summed E-state index contributed by atoms with van der Waals surface area (Å²) in [6.07, 6.45) is 3.96. The van der Waals surface area contributed by atoms with Crippen molar-refractivity contribution >= 4 is 5.70 Å². The molecule has 0 fully saturated rings. The maximum absolute atomic E-state index is 12.5. The van der Waals surface area contributed by atoms with Crippen LogP contribution in [0.1, 0.15) is 5.56 Å². The zero-order chi connectivity index (χ0) is 12.3. The van der Waals surface area contributed by atoms with Gasteiger partial charge in [0.2, 0.25) is 0 Å². The summed E-state index contributed by atoms with van der Waals surface area (Å²) in [6.45, 7) is 3.41. The van der Waals surface area contributed by atoms with E-state index < -0.39 is 6.43 Å². The first-order valence-corrected chi connectivity index (χ1v) is 5.28. The topological polar surface area (TPSA) is 3.24 Å². The Hall–Kier alpha value is -0.796. The zero-order valence-corrected chi connectivity index (χ0v) is 12.7. The number of allylic oxidation sites excluding steroid dienone is 3. The molecular weight excluding hydrogens is 309 g/mol. The molecule has 0 bridgehead atoms. The maximum Gasteiger partial charge on any atom is 0.256 e. The Morgan fingerprint density at radius 3 is 2.50 bits per heavy atom. The molecule has 0 atom stereocenters. The van der Waals surface area contributed by atoms with E-state index in [-0.39, 0.29) is 39.3 Å². The van der Waals surface area contributed by atoms with Crippen LogP contribution >= 0.6 is 0 Å². The molecule has 1 nitrogen and oxygen atoms in total. The molecule has 18 heavy (non-hydrogen) atoms. The van der Waals surface area contributed by atoms with Crippen LogP contribution in [0.25, 0.3) is 5.70 Å². The van der Waals surface area contributed by atoms with Gasteiger partial charge in [0, 0.05) is 32.7 Å². The van der Waals surface area contributed by atoms with Gasteiger partial charge in [-0.05, 0) is 5.70 Å². The van der Waals surface area contributed by atoms with Gasteiger partial charge in [-0.2, -0.15) is 12.2 Å². The van der Waals surface area contributed by atoms with Gasteiger partial charge in [0.15, 0.2) is 0 Å². The molecule has 0 aliphatic carbocycles. The van der Waals surface area contributed by atoms with E-state index in [2.05, 4.69) is 12.7 Å². The maximum atomic E-state index is 12.5. The van der Waals surface area contributed by atoms with E-state index in [1.54, 1.807) is 12.2 Å². The number of rotatable bonds is 3. The van der Waals surface area contributed by atoms with E-state index in [9.17, 15) is 8.78 Å². The van der Waals surface area contributed by atoms with Crippen LogP contribution in [0.5, 0.6) is 0 Å². The van der Waals surface area contributed by atoms with Crippen LogP contribution < -0.4 is 0 Å². The van der Waals surface area contributed by atoms with Crippen LogP contribution in [0.3, 0.4) is 0 Å². The van der Waals surface area contributed by atoms with Gasteiger partial charge in [-0.15, -0.1) is 18.2 Å². The normalized spacial score (nSPS) is 14.5. The van der Waals surface area contributed by atoms with Gasteiger partial charge >= 0.3 is 0 Å². The number of benzene rings is 1. The van der Waals surface area contributed by atoms with Crippen molar-refractivity contribution in [1.82, 2.24) is 4.90 Å². The SMILES string of the molecule is C=C1C=C[C-]=C(c2ccccc2)N1CC(F)F.[Y]. The van der Waals surface area contributed by atoms with Crippen LogP contribution in [0.4, 0.5) is 8.78 Å². The molecule has 0 saturated carbocycles. The molecule has 0 saturated heterocycles. The molecule has 1 heterocycles. The molecule has 0 amide bonds. The van der Waals surface area contributed by atoms with Gasteiger partial charge in [0.1, 0.15) is 0 Å². The van der Waals surface area contributed by atoms with Crippen molar-refractivity contribution in [3.05, 3.63) is 66.4 Å². The van der Waals surface area contributed by atoms with Gasteiger partial charge in [0.05, 0.1) is 6.54 Å². The van der Waals surface area contributed by atoms with Crippen molar-refractivity contribution in [3.63, 3.8) is 0 Å². The van der Waals surface area contributed by atoms with Crippen LogP contribution in [-0.2, 0) is 32.7 Å². The summed E-state index contributed by atoms with van der Waals surface area (Å²) in [6, 6.07) is 9.35. The largest absolute Gasteiger partial charge is 0.370 e. The smallest absolute Gasteiger partial charge is 0.256 e. The molecule has 0 spiro atoms. The van der Waals surface area contributed by atoms with Crippen LogP contribution in [-0.4, -0.2) is 17.9 Å². The summed E-state index contributed by atoms with van der Waals surface area (Å²) in [7, 11) is 0. The third kappa shape index (κ3) is 3.60. The molecule has 1 aliphatic heterocycles. The minimum Gasteiger partial charge on any atom is -0.370 e. The molecule has 1 aromatic carbocycles. The van der Waals surface area contributed by atoms with E-state index in [4.69, 9.17) is 0 Å². The second-order valence-corrected chi connectivity index (χ2v) is 3.69. The number of alkyl halides is 2. The zero-order valence-electron chi connectivity index (χ0n) is 9.81. The summed E-state index contributed by atoms with van der Waals surface area (Å²) >= 11 is 0. The summed E-state index contributed by atoms with van der Waals surface area (Å²) in [4.78, 5) is 1.49. The van der Waals surface area contributed by atoms with Crippen molar-refractivity contribution in [2.45, 2.75) is 6.43 Å². The Bertz CT molecular complexity index is 466. The Morgan fingerprint density at radius 2 is 1.89 bits per heavy atom. The second-order valence-electron chi connectivity index (χ2n) is 3.69. The first-order valence-electron chi connectivity index (χ1n) is 5.28. The van der Waals surface area contributed by atoms with E-state index in [1.165, 1.54) is 4.90 Å². The van der Waals surface area contributed by atoms with Gasteiger partial charge in [-0.25, -0.2) is 8.78 Å². The van der Waals surface area contributed by atoms with E-state index >= 15 is 0 Å². The Kier molecular flexibility index (Phi) is 5.90. The first-order chi connectivity index (χ1) is 8.18.